The van der Waals surface area contributed by atoms with Gasteiger partial charge in [0.1, 0.15) is 5.82 Å². The average molecular weight is 276 g/mol. The molecule has 1 fully saturated rings. The van der Waals surface area contributed by atoms with Gasteiger partial charge in [0.25, 0.3) is 0 Å². The molecule has 2 aliphatic rings. The Balaban J connectivity index is 1.72. The molecule has 2 N–H and O–H groups in total. The van der Waals surface area contributed by atoms with Crippen LogP contribution in [0.5, 0.6) is 0 Å². The Bertz CT molecular complexity index is 459. The van der Waals surface area contributed by atoms with E-state index in [9.17, 15) is 0 Å². The van der Waals surface area contributed by atoms with Crippen LogP contribution < -0.4 is 5.73 Å². The van der Waals surface area contributed by atoms with E-state index in [1.165, 1.54) is 18.7 Å². The van der Waals surface area contributed by atoms with Crippen molar-refractivity contribution in [3.8, 4) is 0 Å². The first-order chi connectivity index (χ1) is 9.45. The maximum atomic E-state index is 6.44. The zero-order valence-electron chi connectivity index (χ0n) is 13.0. The molecule has 1 aromatic heterocycles. The zero-order valence-corrected chi connectivity index (χ0v) is 13.0. The molecule has 4 heteroatoms. The van der Waals surface area contributed by atoms with Gasteiger partial charge in [-0.1, -0.05) is 20.8 Å². The highest BCUT2D eigenvalue weighted by Gasteiger charge is 2.38. The molecule has 3 unspecified atom stereocenters. The maximum absolute atomic E-state index is 6.44. The molecule has 1 aromatic rings. The van der Waals surface area contributed by atoms with Crippen molar-refractivity contribution in [1.82, 2.24) is 14.5 Å². The molecule has 0 spiro atoms. The van der Waals surface area contributed by atoms with Gasteiger partial charge in [-0.2, -0.15) is 0 Å². The summed E-state index contributed by atoms with van der Waals surface area (Å²) in [4.78, 5) is 7.05. The number of fused-ring (bicyclic) bond motifs is 1. The summed E-state index contributed by atoms with van der Waals surface area (Å²) in [6.45, 7) is 10.2. The predicted molar refractivity (Wildman–Crippen MR) is 81.2 cm³/mol. The lowest BCUT2D eigenvalue weighted by atomic mass is 9.69. The smallest absolute Gasteiger partial charge is 0.122 e. The van der Waals surface area contributed by atoms with E-state index >= 15 is 0 Å². The quantitative estimate of drug-likeness (QED) is 0.855. The van der Waals surface area contributed by atoms with Crippen molar-refractivity contribution < 1.29 is 0 Å². The van der Waals surface area contributed by atoms with Crippen LogP contribution in [0.15, 0.2) is 12.4 Å². The minimum absolute atomic E-state index is 0.329. The molecule has 0 saturated heterocycles. The number of hydrogen-bond donors (Lipinski definition) is 1. The summed E-state index contributed by atoms with van der Waals surface area (Å²) in [7, 11) is 0. The first kappa shape index (κ1) is 14.1. The highest BCUT2D eigenvalue weighted by molar-refractivity contribution is 5.00. The van der Waals surface area contributed by atoms with E-state index in [2.05, 4.69) is 41.4 Å². The molecule has 3 rings (SSSR count). The third kappa shape index (κ3) is 2.63. The summed E-state index contributed by atoms with van der Waals surface area (Å²) in [5.74, 6) is 1.98. The maximum Gasteiger partial charge on any atom is 0.122 e. The number of aromatic nitrogens is 2. The Morgan fingerprint density at radius 3 is 2.80 bits per heavy atom. The Morgan fingerprint density at radius 1 is 1.25 bits per heavy atom. The van der Waals surface area contributed by atoms with Crippen molar-refractivity contribution in [3.05, 3.63) is 18.2 Å². The van der Waals surface area contributed by atoms with Gasteiger partial charge in [0.05, 0.1) is 6.54 Å². The topological polar surface area (TPSA) is 47.1 Å². The fraction of sp³-hybridized carbons (Fsp3) is 0.812. The molecule has 0 amide bonds. The number of imidazole rings is 1. The highest BCUT2D eigenvalue weighted by atomic mass is 15.3. The Morgan fingerprint density at radius 2 is 2.05 bits per heavy atom. The number of hydrogen-bond acceptors (Lipinski definition) is 3. The van der Waals surface area contributed by atoms with Gasteiger partial charge < -0.3 is 10.3 Å². The lowest BCUT2D eigenvalue weighted by Gasteiger charge is -2.46. The number of rotatable bonds is 1. The third-order valence-corrected chi connectivity index (χ3v) is 5.34. The van der Waals surface area contributed by atoms with Crippen molar-refractivity contribution in [2.24, 2.45) is 17.1 Å². The second-order valence-corrected chi connectivity index (χ2v) is 7.61. The van der Waals surface area contributed by atoms with Gasteiger partial charge in [0.15, 0.2) is 0 Å². The SMILES string of the molecule is CC(C)(C)C1CCC(N)C(N2CCn3ccnc3C2)C1. The van der Waals surface area contributed by atoms with Gasteiger partial charge in [-0.05, 0) is 30.6 Å². The van der Waals surface area contributed by atoms with Crippen LogP contribution in [0.25, 0.3) is 0 Å². The Hall–Kier alpha value is -0.870. The van der Waals surface area contributed by atoms with Crippen LogP contribution in [-0.4, -0.2) is 33.1 Å². The van der Waals surface area contributed by atoms with Gasteiger partial charge in [0, 0.05) is 37.6 Å². The summed E-state index contributed by atoms with van der Waals surface area (Å²) in [5.41, 5.74) is 6.84. The van der Waals surface area contributed by atoms with Crippen molar-refractivity contribution >= 4 is 0 Å². The molecule has 0 aromatic carbocycles. The van der Waals surface area contributed by atoms with Crippen LogP contribution in [0, 0.1) is 11.3 Å². The van der Waals surface area contributed by atoms with Gasteiger partial charge in [-0.3, -0.25) is 4.90 Å². The van der Waals surface area contributed by atoms with E-state index in [1.807, 2.05) is 6.20 Å². The summed E-state index contributed by atoms with van der Waals surface area (Å²) in [6.07, 6.45) is 7.69. The van der Waals surface area contributed by atoms with E-state index in [-0.39, 0.29) is 0 Å². The van der Waals surface area contributed by atoms with E-state index in [4.69, 9.17) is 5.73 Å². The molecule has 0 bridgehead atoms. The summed E-state index contributed by atoms with van der Waals surface area (Å²) >= 11 is 0. The number of nitrogens with two attached hydrogens (primary N) is 1. The third-order valence-electron chi connectivity index (χ3n) is 5.34. The monoisotopic (exact) mass is 276 g/mol. The van der Waals surface area contributed by atoms with Crippen LogP contribution in [-0.2, 0) is 13.1 Å². The first-order valence-electron chi connectivity index (χ1n) is 7.95. The zero-order chi connectivity index (χ0) is 14.3. The molecule has 20 heavy (non-hydrogen) atoms. The van der Waals surface area contributed by atoms with Crippen molar-refractivity contribution in [3.63, 3.8) is 0 Å². The van der Waals surface area contributed by atoms with Crippen molar-refractivity contribution in [1.29, 1.82) is 0 Å². The van der Waals surface area contributed by atoms with E-state index < -0.39 is 0 Å². The second-order valence-electron chi connectivity index (χ2n) is 7.61. The molecule has 112 valence electrons. The van der Waals surface area contributed by atoms with Crippen molar-refractivity contribution in [2.45, 2.75) is 65.2 Å². The summed E-state index contributed by atoms with van der Waals surface area (Å²) < 4.78 is 2.27. The molecule has 2 heterocycles. The predicted octanol–water partition coefficient (Wildman–Crippen LogP) is 2.24. The average Bonchev–Trinajstić information content (AvgIpc) is 2.85. The standard InChI is InChI=1S/C16H28N4/c1-16(2,3)12-4-5-13(17)14(10-12)20-9-8-19-7-6-18-15(19)11-20/h6-7,12-14H,4-5,8-11,17H2,1-3H3. The molecule has 0 radical (unpaired) electrons. The lowest BCUT2D eigenvalue weighted by molar-refractivity contribution is 0.0523. The van der Waals surface area contributed by atoms with Gasteiger partial charge >= 0.3 is 0 Å². The fourth-order valence-electron chi connectivity index (χ4n) is 3.85. The molecule has 3 atom stereocenters. The summed E-state index contributed by atoms with van der Waals surface area (Å²) in [5, 5.41) is 0. The second kappa shape index (κ2) is 5.15. The van der Waals surface area contributed by atoms with E-state index in [0.29, 0.717) is 17.5 Å². The Labute approximate surface area is 122 Å². The van der Waals surface area contributed by atoms with Gasteiger partial charge in [0.2, 0.25) is 0 Å². The highest BCUT2D eigenvalue weighted by Crippen LogP contribution is 2.39. The fourth-order valence-corrected chi connectivity index (χ4v) is 3.85. The van der Waals surface area contributed by atoms with Crippen LogP contribution in [0.4, 0.5) is 0 Å². The number of nitrogens with zero attached hydrogens (tertiary/aromatic N) is 3. The van der Waals surface area contributed by atoms with Gasteiger partial charge in [-0.25, -0.2) is 4.98 Å². The van der Waals surface area contributed by atoms with Crippen LogP contribution >= 0.6 is 0 Å². The minimum Gasteiger partial charge on any atom is -0.333 e. The normalized spacial score (nSPS) is 32.1. The molecular weight excluding hydrogens is 248 g/mol. The molecule has 1 aliphatic heterocycles. The van der Waals surface area contributed by atoms with E-state index in [0.717, 1.165) is 32.0 Å². The molecule has 1 saturated carbocycles. The lowest BCUT2D eigenvalue weighted by Crippen LogP contribution is -2.54. The van der Waals surface area contributed by atoms with Crippen LogP contribution in [0.1, 0.15) is 45.9 Å². The molecular formula is C16H28N4. The van der Waals surface area contributed by atoms with Crippen molar-refractivity contribution in [2.75, 3.05) is 6.54 Å². The Kier molecular flexibility index (Phi) is 3.63. The van der Waals surface area contributed by atoms with Crippen LogP contribution in [0.3, 0.4) is 0 Å². The molecule has 4 nitrogen and oxygen atoms in total. The first-order valence-corrected chi connectivity index (χ1v) is 7.95. The largest absolute Gasteiger partial charge is 0.333 e. The molecule has 1 aliphatic carbocycles. The van der Waals surface area contributed by atoms with E-state index in [1.54, 1.807) is 0 Å². The minimum atomic E-state index is 0.329. The van der Waals surface area contributed by atoms with Crippen LogP contribution in [0.2, 0.25) is 0 Å². The summed E-state index contributed by atoms with van der Waals surface area (Å²) in [6, 6.07) is 0.855. The van der Waals surface area contributed by atoms with Gasteiger partial charge in [-0.15, -0.1) is 0 Å².